The van der Waals surface area contributed by atoms with Crippen molar-refractivity contribution >= 4 is 21.6 Å². The first-order valence-corrected chi connectivity index (χ1v) is 9.15. The number of benzene rings is 2. The topological polar surface area (TPSA) is 64.6 Å². The highest BCUT2D eigenvalue weighted by Crippen LogP contribution is 2.29. The molecular formula is C16H15ClF3NO4S. The van der Waals surface area contributed by atoms with E-state index in [0.29, 0.717) is 5.56 Å². The van der Waals surface area contributed by atoms with E-state index in [-0.39, 0.29) is 34.4 Å². The monoisotopic (exact) mass is 409 g/mol. The first-order chi connectivity index (χ1) is 12.2. The van der Waals surface area contributed by atoms with Gasteiger partial charge in [-0.15, -0.1) is 0 Å². The van der Waals surface area contributed by atoms with Crippen LogP contribution in [-0.2, 0) is 16.4 Å². The summed E-state index contributed by atoms with van der Waals surface area (Å²) in [6, 6.07) is 7.38. The van der Waals surface area contributed by atoms with E-state index in [1.54, 1.807) is 0 Å². The average molecular weight is 410 g/mol. The van der Waals surface area contributed by atoms with Gasteiger partial charge in [-0.1, -0.05) is 17.7 Å². The predicted octanol–water partition coefficient (Wildman–Crippen LogP) is 3.61. The Hall–Kier alpha value is -1.97. The summed E-state index contributed by atoms with van der Waals surface area (Å²) in [6.45, 7) is -2.96. The number of hydrogen-bond acceptors (Lipinski definition) is 4. The van der Waals surface area contributed by atoms with E-state index in [1.807, 2.05) is 0 Å². The van der Waals surface area contributed by atoms with Crippen LogP contribution in [-0.4, -0.2) is 28.7 Å². The summed E-state index contributed by atoms with van der Waals surface area (Å²) >= 11 is 5.59. The Morgan fingerprint density at radius 3 is 2.50 bits per heavy atom. The lowest BCUT2D eigenvalue weighted by Crippen LogP contribution is -2.26. The van der Waals surface area contributed by atoms with Crippen molar-refractivity contribution in [3.05, 3.63) is 52.8 Å². The second-order valence-electron chi connectivity index (χ2n) is 5.09. The van der Waals surface area contributed by atoms with Crippen LogP contribution in [0.5, 0.6) is 11.5 Å². The van der Waals surface area contributed by atoms with Crippen LogP contribution in [0.1, 0.15) is 5.56 Å². The molecule has 142 valence electrons. The highest BCUT2D eigenvalue weighted by molar-refractivity contribution is 7.89. The smallest absolute Gasteiger partial charge is 0.387 e. The minimum atomic E-state index is -3.87. The molecule has 0 unspecified atom stereocenters. The van der Waals surface area contributed by atoms with Crippen LogP contribution < -0.4 is 14.2 Å². The van der Waals surface area contributed by atoms with Gasteiger partial charge in [0.1, 0.15) is 5.82 Å². The van der Waals surface area contributed by atoms with E-state index in [1.165, 1.54) is 25.3 Å². The molecule has 0 heterocycles. The summed E-state index contributed by atoms with van der Waals surface area (Å²) in [5.41, 5.74) is 0.642. The van der Waals surface area contributed by atoms with Gasteiger partial charge < -0.3 is 9.47 Å². The average Bonchev–Trinajstić information content (AvgIpc) is 2.57. The van der Waals surface area contributed by atoms with Crippen LogP contribution in [0.2, 0.25) is 5.02 Å². The third kappa shape index (κ3) is 5.26. The lowest BCUT2D eigenvalue weighted by Gasteiger charge is -2.12. The quantitative estimate of drug-likeness (QED) is 0.723. The molecule has 5 nitrogen and oxygen atoms in total. The molecule has 0 aliphatic carbocycles. The van der Waals surface area contributed by atoms with Crippen molar-refractivity contribution in [1.82, 2.24) is 4.72 Å². The van der Waals surface area contributed by atoms with Crippen molar-refractivity contribution in [3.8, 4) is 11.5 Å². The molecule has 0 amide bonds. The molecule has 0 bridgehead atoms. The van der Waals surface area contributed by atoms with Crippen LogP contribution >= 0.6 is 11.6 Å². The number of sulfonamides is 1. The first-order valence-electron chi connectivity index (χ1n) is 7.29. The molecule has 0 spiro atoms. The molecule has 2 aromatic carbocycles. The zero-order chi connectivity index (χ0) is 19.3. The summed E-state index contributed by atoms with van der Waals surface area (Å²) in [5, 5.41) is -0.299. The van der Waals surface area contributed by atoms with Gasteiger partial charge in [-0.05, 0) is 42.3 Å². The fourth-order valence-corrected chi connectivity index (χ4v) is 3.42. The van der Waals surface area contributed by atoms with E-state index >= 15 is 0 Å². The Morgan fingerprint density at radius 2 is 1.88 bits per heavy atom. The largest absolute Gasteiger partial charge is 0.493 e. The van der Waals surface area contributed by atoms with Crippen molar-refractivity contribution in [2.75, 3.05) is 13.7 Å². The van der Waals surface area contributed by atoms with Gasteiger partial charge in [-0.25, -0.2) is 17.5 Å². The Morgan fingerprint density at radius 1 is 1.15 bits per heavy atom. The lowest BCUT2D eigenvalue weighted by atomic mass is 10.1. The molecule has 10 heteroatoms. The van der Waals surface area contributed by atoms with Crippen LogP contribution in [0.25, 0.3) is 0 Å². The summed E-state index contributed by atoms with van der Waals surface area (Å²) < 4.78 is 73.7. The van der Waals surface area contributed by atoms with Gasteiger partial charge in [0.15, 0.2) is 11.5 Å². The summed E-state index contributed by atoms with van der Waals surface area (Å²) in [6.07, 6.45) is 0.263. The second-order valence-corrected chi connectivity index (χ2v) is 7.26. The number of alkyl halides is 2. The molecule has 0 aliphatic heterocycles. The van der Waals surface area contributed by atoms with Gasteiger partial charge in [0.2, 0.25) is 10.0 Å². The molecule has 1 N–H and O–H groups in total. The molecule has 26 heavy (non-hydrogen) atoms. The van der Waals surface area contributed by atoms with E-state index in [9.17, 15) is 21.6 Å². The van der Waals surface area contributed by atoms with E-state index in [2.05, 4.69) is 9.46 Å². The fraction of sp³-hybridized carbons (Fsp3) is 0.250. The van der Waals surface area contributed by atoms with Gasteiger partial charge in [0.25, 0.3) is 0 Å². The molecule has 0 atom stereocenters. The number of nitrogens with one attached hydrogen (secondary N) is 1. The molecule has 2 aromatic rings. The van der Waals surface area contributed by atoms with Crippen LogP contribution in [0.4, 0.5) is 13.2 Å². The lowest BCUT2D eigenvalue weighted by molar-refractivity contribution is -0.0512. The van der Waals surface area contributed by atoms with Gasteiger partial charge >= 0.3 is 6.61 Å². The Bertz CT molecular complexity index is 878. The van der Waals surface area contributed by atoms with Crippen molar-refractivity contribution in [3.63, 3.8) is 0 Å². The second kappa shape index (κ2) is 8.61. The minimum Gasteiger partial charge on any atom is -0.493 e. The maximum atomic E-state index is 13.1. The SMILES string of the molecule is COc1cc(CCNS(=O)(=O)c2ccc(F)c(Cl)c2)ccc1OC(F)F. The number of hydrogen-bond donors (Lipinski definition) is 1. The zero-order valence-corrected chi connectivity index (χ0v) is 15.1. The van der Waals surface area contributed by atoms with Crippen LogP contribution in [0, 0.1) is 5.82 Å². The standard InChI is InChI=1S/C16H15ClF3NO4S/c1-24-15-8-10(2-5-14(15)25-16(19)20)6-7-21-26(22,23)11-3-4-13(18)12(17)9-11/h2-5,8-9,16,21H,6-7H2,1H3. The van der Waals surface area contributed by atoms with Gasteiger partial charge in [-0.2, -0.15) is 8.78 Å². The molecular weight excluding hydrogens is 395 g/mol. The van der Waals surface area contributed by atoms with E-state index in [0.717, 1.165) is 18.2 Å². The number of methoxy groups -OCH3 is 1. The Labute approximate surface area is 153 Å². The van der Waals surface area contributed by atoms with Crippen molar-refractivity contribution in [1.29, 1.82) is 0 Å². The van der Waals surface area contributed by atoms with E-state index in [4.69, 9.17) is 16.3 Å². The van der Waals surface area contributed by atoms with Crippen LogP contribution in [0.3, 0.4) is 0 Å². The number of rotatable bonds is 8. The highest BCUT2D eigenvalue weighted by Gasteiger charge is 2.16. The van der Waals surface area contributed by atoms with E-state index < -0.39 is 22.5 Å². The predicted molar refractivity (Wildman–Crippen MR) is 89.9 cm³/mol. The molecule has 0 saturated heterocycles. The Balaban J connectivity index is 2.03. The summed E-state index contributed by atoms with van der Waals surface area (Å²) in [5.74, 6) is -0.729. The van der Waals surface area contributed by atoms with Gasteiger partial charge in [0.05, 0.1) is 17.0 Å². The van der Waals surface area contributed by atoms with Gasteiger partial charge in [-0.3, -0.25) is 0 Å². The van der Waals surface area contributed by atoms with Gasteiger partial charge in [0, 0.05) is 6.54 Å². The third-order valence-corrected chi connectivity index (χ3v) is 5.10. The normalized spacial score (nSPS) is 11.6. The third-order valence-electron chi connectivity index (χ3n) is 3.35. The van der Waals surface area contributed by atoms with Crippen molar-refractivity contribution in [2.45, 2.75) is 17.9 Å². The molecule has 0 aromatic heterocycles. The zero-order valence-electron chi connectivity index (χ0n) is 13.5. The highest BCUT2D eigenvalue weighted by atomic mass is 35.5. The van der Waals surface area contributed by atoms with Crippen molar-refractivity contribution < 1.29 is 31.1 Å². The summed E-state index contributed by atoms with van der Waals surface area (Å²) in [7, 11) is -2.56. The molecule has 0 fully saturated rings. The van der Waals surface area contributed by atoms with Crippen molar-refractivity contribution in [2.24, 2.45) is 0 Å². The first kappa shape index (κ1) is 20.3. The molecule has 0 radical (unpaired) electrons. The summed E-state index contributed by atoms with van der Waals surface area (Å²) in [4.78, 5) is -0.165. The van der Waals surface area contributed by atoms with Crippen LogP contribution in [0.15, 0.2) is 41.3 Å². The molecule has 0 saturated carbocycles. The molecule has 0 aliphatic rings. The Kier molecular flexibility index (Phi) is 6.74. The number of ether oxygens (including phenoxy) is 2. The maximum Gasteiger partial charge on any atom is 0.387 e. The molecule has 2 rings (SSSR count). The fourth-order valence-electron chi connectivity index (χ4n) is 2.12. The minimum absolute atomic E-state index is 0.0233. The number of halogens is 4. The maximum absolute atomic E-state index is 13.1.